The van der Waals surface area contributed by atoms with Gasteiger partial charge in [0.25, 0.3) is 0 Å². The van der Waals surface area contributed by atoms with Crippen LogP contribution >= 0.6 is 0 Å². The second-order valence-electron chi connectivity index (χ2n) is 19.2. The first-order valence-electron chi connectivity index (χ1n) is 24.3. The second kappa shape index (κ2) is 20.3. The number of amides is 4. The largest absolute Gasteiger partial charge is 0.497 e. The molecular weight excluding hydrogens is 891 g/mol. The van der Waals surface area contributed by atoms with Gasteiger partial charge in [0, 0.05) is 47.6 Å². The van der Waals surface area contributed by atoms with Gasteiger partial charge in [0.05, 0.1) is 68.1 Å². The van der Waals surface area contributed by atoms with E-state index in [-0.39, 0.29) is 41.9 Å². The van der Waals surface area contributed by atoms with Crippen LogP contribution in [0.4, 0.5) is 9.59 Å². The fourth-order valence-corrected chi connectivity index (χ4v) is 10.5. The Morgan fingerprint density at radius 1 is 0.900 bits per heavy atom. The summed E-state index contributed by atoms with van der Waals surface area (Å²) in [6.45, 7) is 9.25. The summed E-state index contributed by atoms with van der Waals surface area (Å²) in [6, 6.07) is 19.9. The number of alkyl carbamates (subject to hydrolysis) is 1. The molecule has 4 amide bonds. The zero-order chi connectivity index (χ0) is 49.2. The van der Waals surface area contributed by atoms with Gasteiger partial charge in [-0.2, -0.15) is 4.99 Å². The number of nitrogens with zero attached hydrogens (tertiary/aromatic N) is 5. The Morgan fingerprint density at radius 2 is 1.70 bits per heavy atom. The summed E-state index contributed by atoms with van der Waals surface area (Å²) in [4.78, 5) is 67.8. The molecule has 4 aliphatic rings. The van der Waals surface area contributed by atoms with Crippen molar-refractivity contribution in [2.24, 2.45) is 22.7 Å². The molecule has 2 aromatic heterocycles. The van der Waals surface area contributed by atoms with Crippen molar-refractivity contribution in [3.05, 3.63) is 95.4 Å². The lowest BCUT2D eigenvalue weighted by molar-refractivity contribution is -0.136. The molecule has 0 spiro atoms. The van der Waals surface area contributed by atoms with Crippen LogP contribution < -0.4 is 25.4 Å². The molecule has 5 aromatic rings. The first kappa shape index (κ1) is 47.8. The summed E-state index contributed by atoms with van der Waals surface area (Å²) in [5.41, 5.74) is 9.11. The Morgan fingerprint density at radius 3 is 2.47 bits per heavy atom. The highest BCUT2D eigenvalue weighted by atomic mass is 16.5. The van der Waals surface area contributed by atoms with Gasteiger partial charge in [-0.25, -0.2) is 14.6 Å². The van der Waals surface area contributed by atoms with E-state index in [0.717, 1.165) is 100 Å². The van der Waals surface area contributed by atoms with Crippen molar-refractivity contribution in [2.45, 2.75) is 97.2 Å². The maximum atomic E-state index is 13.9. The average Bonchev–Trinajstić information content (AvgIpc) is 4.24. The van der Waals surface area contributed by atoms with E-state index in [0.29, 0.717) is 25.6 Å². The SMILES string of the molecule is COC(=O)N=CC(C(=O)N1CCC[C@H]1C1NC=C(c2ccc3c(c2)OCn2c-3c(CCc3cccc(OC)c3)c3cc(-c4ncc([C@@H]5CCCN5C(=O)C(NC(=O)OC)C(C)C)[nH]4)ccc32)N1)C(C)C. The van der Waals surface area contributed by atoms with Gasteiger partial charge < -0.3 is 54.2 Å². The molecule has 368 valence electrons. The van der Waals surface area contributed by atoms with Crippen molar-refractivity contribution < 1.29 is 38.1 Å². The summed E-state index contributed by atoms with van der Waals surface area (Å²) in [5, 5.41) is 11.0. The summed E-state index contributed by atoms with van der Waals surface area (Å²) in [5.74, 6) is 1.36. The van der Waals surface area contributed by atoms with Crippen molar-refractivity contribution >= 4 is 46.8 Å². The minimum Gasteiger partial charge on any atom is -0.497 e. The lowest BCUT2D eigenvalue weighted by Crippen LogP contribution is -2.53. The molecule has 3 unspecified atom stereocenters. The van der Waals surface area contributed by atoms with E-state index in [1.54, 1.807) is 7.11 Å². The Labute approximate surface area is 408 Å². The highest BCUT2D eigenvalue weighted by Gasteiger charge is 2.40. The molecule has 17 nitrogen and oxygen atoms in total. The number of rotatable bonds is 14. The van der Waals surface area contributed by atoms with Crippen molar-refractivity contribution in [3.63, 3.8) is 0 Å². The highest BCUT2D eigenvalue weighted by Crippen LogP contribution is 2.44. The standard InChI is InChI=1S/C53H63N9O8/c1-30(2)39(26-56-52(65)68-6)50(63)61-22-10-14-44(61)49-55-27-40(57-49)33-16-19-37-45(25-33)70-29-62-42-20-17-34(24-38(42)36(47(37)62)18-15-32-11-8-12-35(23-32)67-5)48-54-28-41(58-48)43-13-9-21-60(43)51(64)46(31(3)4)59-53(66)69-7/h8,11-12,16-17,19-20,23-28,30-31,39,43-44,46,49,55,57H,9-10,13-15,18,21-22,29H2,1-7H3,(H,54,58)(H,59,66)/t39?,43-,44-,46?,49?/m0/s1. The number of imidazole rings is 1. The molecule has 0 aliphatic carbocycles. The molecule has 2 fully saturated rings. The number of carbonyl (C=O) groups excluding carboxylic acids is 4. The normalized spacial score (nSPS) is 19.3. The fourth-order valence-electron chi connectivity index (χ4n) is 10.5. The van der Waals surface area contributed by atoms with Crippen molar-refractivity contribution in [1.82, 2.24) is 40.3 Å². The van der Waals surface area contributed by atoms with Gasteiger partial charge in [-0.3, -0.25) is 9.59 Å². The number of ether oxygens (including phenoxy) is 4. The van der Waals surface area contributed by atoms with Gasteiger partial charge in [0.15, 0.2) is 6.73 Å². The molecule has 9 rings (SSSR count). The number of fused-ring (bicyclic) bond motifs is 5. The van der Waals surface area contributed by atoms with Crippen LogP contribution in [0, 0.1) is 17.8 Å². The average molecular weight is 954 g/mol. The smallest absolute Gasteiger partial charge is 0.432 e. The molecule has 17 heteroatoms. The van der Waals surface area contributed by atoms with E-state index in [1.807, 2.05) is 62.0 Å². The molecular formula is C53H63N9O8. The summed E-state index contributed by atoms with van der Waals surface area (Å²) >= 11 is 0. The van der Waals surface area contributed by atoms with E-state index in [4.69, 9.17) is 19.2 Å². The third-order valence-electron chi connectivity index (χ3n) is 14.2. The summed E-state index contributed by atoms with van der Waals surface area (Å²) < 4.78 is 23.9. The molecule has 0 saturated carbocycles. The molecule has 4 N–H and O–H groups in total. The molecule has 3 aromatic carbocycles. The number of aromatic nitrogens is 3. The van der Waals surface area contributed by atoms with Crippen LogP contribution in [-0.2, 0) is 38.6 Å². The van der Waals surface area contributed by atoms with E-state index in [9.17, 15) is 19.2 Å². The zero-order valence-electron chi connectivity index (χ0n) is 40.9. The number of likely N-dealkylation sites (tertiary alicyclic amines) is 2. The molecule has 5 atom stereocenters. The zero-order valence-corrected chi connectivity index (χ0v) is 40.9. The van der Waals surface area contributed by atoms with Crippen LogP contribution in [0.15, 0.2) is 78.1 Å². The number of hydrogen-bond acceptors (Lipinski definition) is 11. The predicted molar refractivity (Wildman–Crippen MR) is 266 cm³/mol. The van der Waals surface area contributed by atoms with Crippen LogP contribution in [0.25, 0.3) is 39.2 Å². The van der Waals surface area contributed by atoms with Gasteiger partial charge in [-0.05, 0) is 104 Å². The summed E-state index contributed by atoms with van der Waals surface area (Å²) in [6.07, 6.45) is 8.49. The molecule has 0 radical (unpaired) electrons. The number of aryl methyl sites for hydroxylation is 2. The highest BCUT2D eigenvalue weighted by molar-refractivity contribution is 5.98. The van der Waals surface area contributed by atoms with Gasteiger partial charge in [-0.15, -0.1) is 0 Å². The number of methoxy groups -OCH3 is 3. The first-order valence-corrected chi connectivity index (χ1v) is 24.3. The number of benzene rings is 3. The number of aromatic amines is 1. The van der Waals surface area contributed by atoms with Crippen molar-refractivity contribution in [3.8, 4) is 34.1 Å². The molecule has 6 heterocycles. The Hall–Kier alpha value is -7.30. The predicted octanol–water partition coefficient (Wildman–Crippen LogP) is 7.80. The number of H-pyrrole nitrogens is 1. The van der Waals surface area contributed by atoms with Crippen molar-refractivity contribution in [1.29, 1.82) is 0 Å². The van der Waals surface area contributed by atoms with Gasteiger partial charge >= 0.3 is 12.2 Å². The van der Waals surface area contributed by atoms with E-state index in [2.05, 4.69) is 83.8 Å². The topological polar surface area (TPSA) is 194 Å². The molecule has 4 aliphatic heterocycles. The number of hydrogen-bond donors (Lipinski definition) is 4. The number of nitrogens with one attached hydrogen (secondary N) is 4. The minimum absolute atomic E-state index is 0.0557. The number of carbonyl (C=O) groups is 4. The van der Waals surface area contributed by atoms with Crippen LogP contribution in [0.3, 0.4) is 0 Å². The first-order chi connectivity index (χ1) is 33.9. The Balaban J connectivity index is 0.992. The monoisotopic (exact) mass is 953 g/mol. The van der Waals surface area contributed by atoms with Crippen molar-refractivity contribution in [2.75, 3.05) is 34.4 Å². The van der Waals surface area contributed by atoms with E-state index >= 15 is 0 Å². The lowest BCUT2D eigenvalue weighted by atomic mass is 9.95. The Bertz CT molecular complexity index is 2850. The second-order valence-corrected chi connectivity index (χ2v) is 19.2. The quantitative estimate of drug-likeness (QED) is 0.0794. The van der Waals surface area contributed by atoms with Gasteiger partial charge in [0.2, 0.25) is 11.8 Å². The number of aliphatic imine (C=N–C) groups is 1. The molecule has 70 heavy (non-hydrogen) atoms. The van der Waals surface area contributed by atoms with Crippen LogP contribution in [0.5, 0.6) is 11.5 Å². The third-order valence-corrected chi connectivity index (χ3v) is 14.2. The van der Waals surface area contributed by atoms with E-state index < -0.39 is 24.1 Å². The minimum atomic E-state index is -0.726. The van der Waals surface area contributed by atoms with Crippen LogP contribution in [-0.4, -0.2) is 107 Å². The maximum Gasteiger partial charge on any atom is 0.432 e. The lowest BCUT2D eigenvalue weighted by Gasteiger charge is -2.33. The van der Waals surface area contributed by atoms with Gasteiger partial charge in [-0.1, -0.05) is 45.9 Å². The summed E-state index contributed by atoms with van der Waals surface area (Å²) in [7, 11) is 4.25. The fraction of sp³-hybridized carbons (Fsp3) is 0.434. The van der Waals surface area contributed by atoms with E-state index in [1.165, 1.54) is 26.0 Å². The Kier molecular flexibility index (Phi) is 13.9. The molecule has 0 bridgehead atoms. The molecule has 2 saturated heterocycles. The van der Waals surface area contributed by atoms with Gasteiger partial charge in [0.1, 0.15) is 29.5 Å². The van der Waals surface area contributed by atoms with Crippen LogP contribution in [0.2, 0.25) is 0 Å². The third kappa shape index (κ3) is 9.40. The maximum absolute atomic E-state index is 13.9. The van der Waals surface area contributed by atoms with Crippen LogP contribution in [0.1, 0.15) is 81.8 Å².